The number of fused-ring (bicyclic) bond motifs is 1. The van der Waals surface area contributed by atoms with E-state index in [1.165, 1.54) is 33.9 Å². The standard InChI is InChI=1S/C16H14FN3O4S2/c17-12-3-1-2-4-13(12)19-14(21)5-8-26(23,24)10-11-9-15(22)20-6-7-25-16(20)18-11/h1-4,6-7,9H,5,8,10H2,(H,19,21). The lowest BCUT2D eigenvalue weighted by Gasteiger charge is -2.07. The Bertz CT molecular complexity index is 1120. The van der Waals surface area contributed by atoms with Crippen LogP contribution in [-0.2, 0) is 20.4 Å². The minimum atomic E-state index is -3.66. The van der Waals surface area contributed by atoms with Crippen LogP contribution in [0.1, 0.15) is 12.1 Å². The van der Waals surface area contributed by atoms with Crippen molar-refractivity contribution in [2.45, 2.75) is 12.2 Å². The second-order valence-corrected chi connectivity index (χ2v) is 8.57. The van der Waals surface area contributed by atoms with E-state index < -0.39 is 33.1 Å². The molecule has 0 saturated carbocycles. The van der Waals surface area contributed by atoms with Crippen LogP contribution in [0.15, 0.2) is 46.7 Å². The number of hydrogen-bond donors (Lipinski definition) is 1. The van der Waals surface area contributed by atoms with Gasteiger partial charge < -0.3 is 5.32 Å². The van der Waals surface area contributed by atoms with Crippen LogP contribution in [0, 0.1) is 5.82 Å². The second-order valence-electron chi connectivity index (χ2n) is 5.51. The zero-order valence-corrected chi connectivity index (χ0v) is 15.0. The van der Waals surface area contributed by atoms with Gasteiger partial charge in [0.05, 0.1) is 22.9 Å². The molecule has 2 heterocycles. The van der Waals surface area contributed by atoms with Crippen molar-refractivity contribution in [1.82, 2.24) is 9.38 Å². The number of nitrogens with zero attached hydrogens (tertiary/aromatic N) is 2. The highest BCUT2D eigenvalue weighted by molar-refractivity contribution is 7.90. The van der Waals surface area contributed by atoms with Crippen molar-refractivity contribution in [3.63, 3.8) is 0 Å². The number of benzene rings is 1. The van der Waals surface area contributed by atoms with Gasteiger partial charge in [-0.1, -0.05) is 12.1 Å². The number of aromatic nitrogens is 2. The highest BCUT2D eigenvalue weighted by Gasteiger charge is 2.17. The highest BCUT2D eigenvalue weighted by atomic mass is 32.2. The molecule has 0 aliphatic carbocycles. The van der Waals surface area contributed by atoms with Crippen LogP contribution in [-0.4, -0.2) is 29.5 Å². The molecule has 1 amide bonds. The molecule has 0 aliphatic heterocycles. The quantitative estimate of drug-likeness (QED) is 0.687. The predicted octanol–water partition coefficient (Wildman–Crippen LogP) is 1.84. The molecule has 2 aromatic heterocycles. The number of carbonyl (C=O) groups excluding carboxylic acids is 1. The van der Waals surface area contributed by atoms with Crippen LogP contribution in [0.5, 0.6) is 0 Å². The molecule has 136 valence electrons. The molecule has 0 unspecified atom stereocenters. The summed E-state index contributed by atoms with van der Waals surface area (Å²) in [6.07, 6.45) is 1.23. The molecule has 1 aromatic carbocycles. The van der Waals surface area contributed by atoms with Crippen molar-refractivity contribution >= 4 is 37.7 Å². The van der Waals surface area contributed by atoms with Crippen molar-refractivity contribution in [1.29, 1.82) is 0 Å². The summed E-state index contributed by atoms with van der Waals surface area (Å²) >= 11 is 1.22. The number of hydrogen-bond acceptors (Lipinski definition) is 6. The van der Waals surface area contributed by atoms with E-state index >= 15 is 0 Å². The third-order valence-corrected chi connectivity index (χ3v) is 5.83. The lowest BCUT2D eigenvalue weighted by molar-refractivity contribution is -0.115. The van der Waals surface area contributed by atoms with Crippen LogP contribution in [0.2, 0.25) is 0 Å². The number of halogens is 1. The lowest BCUT2D eigenvalue weighted by Crippen LogP contribution is -2.20. The van der Waals surface area contributed by atoms with E-state index in [9.17, 15) is 22.4 Å². The van der Waals surface area contributed by atoms with E-state index in [-0.39, 0.29) is 23.4 Å². The fourth-order valence-electron chi connectivity index (χ4n) is 2.28. The summed E-state index contributed by atoms with van der Waals surface area (Å²) in [5.74, 6) is -2.08. The van der Waals surface area contributed by atoms with Gasteiger partial charge in [-0.15, -0.1) is 11.3 Å². The largest absolute Gasteiger partial charge is 0.324 e. The molecule has 0 saturated heterocycles. The number of nitrogens with one attached hydrogen (secondary N) is 1. The summed E-state index contributed by atoms with van der Waals surface area (Å²) in [4.78, 5) is 28.3. The highest BCUT2D eigenvalue weighted by Crippen LogP contribution is 2.13. The fourth-order valence-corrected chi connectivity index (χ4v) is 4.26. The van der Waals surface area contributed by atoms with Crippen LogP contribution in [0.3, 0.4) is 0 Å². The van der Waals surface area contributed by atoms with Crippen LogP contribution in [0.4, 0.5) is 10.1 Å². The van der Waals surface area contributed by atoms with Gasteiger partial charge in [0.2, 0.25) is 5.91 Å². The van der Waals surface area contributed by atoms with Gasteiger partial charge in [-0.25, -0.2) is 17.8 Å². The summed E-state index contributed by atoms with van der Waals surface area (Å²) in [6.45, 7) is 0. The normalized spacial score (nSPS) is 11.6. The van der Waals surface area contributed by atoms with Crippen LogP contribution in [0.25, 0.3) is 4.96 Å². The first-order chi connectivity index (χ1) is 12.3. The lowest BCUT2D eigenvalue weighted by atomic mass is 10.3. The molecule has 7 nitrogen and oxygen atoms in total. The number of rotatable bonds is 6. The Labute approximate surface area is 152 Å². The second kappa shape index (κ2) is 7.34. The number of amides is 1. The smallest absolute Gasteiger partial charge is 0.258 e. The SMILES string of the molecule is O=C(CCS(=O)(=O)Cc1cc(=O)n2ccsc2n1)Nc1ccccc1F. The Balaban J connectivity index is 1.64. The van der Waals surface area contributed by atoms with Crippen molar-refractivity contribution < 1.29 is 17.6 Å². The Morgan fingerprint density at radius 2 is 2.08 bits per heavy atom. The zero-order chi connectivity index (χ0) is 18.7. The molecule has 3 aromatic rings. The Morgan fingerprint density at radius 3 is 2.85 bits per heavy atom. The average molecular weight is 395 g/mol. The van der Waals surface area contributed by atoms with E-state index in [1.54, 1.807) is 17.6 Å². The molecule has 0 spiro atoms. The van der Waals surface area contributed by atoms with Gasteiger partial charge >= 0.3 is 0 Å². The van der Waals surface area contributed by atoms with Crippen molar-refractivity contribution in [3.05, 3.63) is 63.8 Å². The van der Waals surface area contributed by atoms with E-state index in [4.69, 9.17) is 0 Å². The minimum absolute atomic E-state index is 0.00673. The number of para-hydroxylation sites is 1. The van der Waals surface area contributed by atoms with Crippen molar-refractivity contribution in [2.75, 3.05) is 11.1 Å². The molecule has 10 heteroatoms. The number of anilines is 1. The summed E-state index contributed by atoms with van der Waals surface area (Å²) in [7, 11) is -3.66. The van der Waals surface area contributed by atoms with Crippen molar-refractivity contribution in [3.8, 4) is 0 Å². The average Bonchev–Trinajstić information content (AvgIpc) is 3.04. The van der Waals surface area contributed by atoms with Gasteiger partial charge in [-0.05, 0) is 12.1 Å². The minimum Gasteiger partial charge on any atom is -0.324 e. The number of thiazole rings is 1. The van der Waals surface area contributed by atoms with Gasteiger partial charge in [0.15, 0.2) is 14.8 Å². The Morgan fingerprint density at radius 1 is 1.31 bits per heavy atom. The molecular weight excluding hydrogens is 381 g/mol. The predicted molar refractivity (Wildman–Crippen MR) is 96.5 cm³/mol. The molecule has 0 radical (unpaired) electrons. The Kier molecular flexibility index (Phi) is 5.14. The third-order valence-electron chi connectivity index (χ3n) is 3.51. The molecular formula is C16H14FN3O4S2. The maximum Gasteiger partial charge on any atom is 0.258 e. The molecule has 26 heavy (non-hydrogen) atoms. The van der Waals surface area contributed by atoms with Gasteiger partial charge in [0.25, 0.3) is 5.56 Å². The van der Waals surface area contributed by atoms with E-state index in [0.717, 1.165) is 6.07 Å². The monoisotopic (exact) mass is 395 g/mol. The van der Waals surface area contributed by atoms with E-state index in [0.29, 0.717) is 4.96 Å². The molecule has 0 aliphatic rings. The summed E-state index contributed by atoms with van der Waals surface area (Å²) < 4.78 is 39.2. The topological polar surface area (TPSA) is 97.6 Å². The van der Waals surface area contributed by atoms with E-state index in [2.05, 4.69) is 10.3 Å². The van der Waals surface area contributed by atoms with Crippen molar-refractivity contribution in [2.24, 2.45) is 0 Å². The first-order valence-electron chi connectivity index (χ1n) is 7.55. The number of sulfone groups is 1. The first-order valence-corrected chi connectivity index (χ1v) is 10.2. The van der Waals surface area contributed by atoms with E-state index in [1.807, 2.05) is 0 Å². The van der Waals surface area contributed by atoms with Gasteiger partial charge in [-0.3, -0.25) is 14.0 Å². The van der Waals surface area contributed by atoms with Gasteiger partial charge in [-0.2, -0.15) is 0 Å². The van der Waals surface area contributed by atoms with Gasteiger partial charge in [0, 0.05) is 24.1 Å². The molecule has 0 fully saturated rings. The maximum atomic E-state index is 13.5. The zero-order valence-electron chi connectivity index (χ0n) is 13.4. The van der Waals surface area contributed by atoms with Gasteiger partial charge in [0.1, 0.15) is 5.82 Å². The fraction of sp³-hybridized carbons (Fsp3) is 0.188. The Hall–Kier alpha value is -2.59. The molecule has 3 rings (SSSR count). The molecule has 1 N–H and O–H groups in total. The summed E-state index contributed by atoms with van der Waals surface area (Å²) in [5.41, 5.74) is -0.238. The number of carbonyl (C=O) groups is 1. The molecule has 0 bridgehead atoms. The third kappa shape index (κ3) is 4.33. The van der Waals surface area contributed by atoms with Crippen LogP contribution >= 0.6 is 11.3 Å². The first kappa shape index (κ1) is 18.2. The van der Waals surface area contributed by atoms with Crippen LogP contribution < -0.4 is 10.9 Å². The summed E-state index contributed by atoms with van der Waals surface area (Å²) in [6, 6.07) is 6.78. The molecule has 0 atom stereocenters. The summed E-state index contributed by atoms with van der Waals surface area (Å²) in [5, 5.41) is 4.01. The maximum absolute atomic E-state index is 13.5.